The van der Waals surface area contributed by atoms with E-state index in [1.165, 1.54) is 0 Å². The average Bonchev–Trinajstić information content (AvgIpc) is 3.18. The maximum absolute atomic E-state index is 12.7. The van der Waals surface area contributed by atoms with Gasteiger partial charge in [-0.1, -0.05) is 60.7 Å². The Kier molecular flexibility index (Phi) is 7.08. The van der Waals surface area contributed by atoms with Crippen molar-refractivity contribution in [3.63, 3.8) is 0 Å². The van der Waals surface area contributed by atoms with Crippen molar-refractivity contribution < 1.29 is 28.5 Å². The minimum Gasteiger partial charge on any atom is -0.496 e. The van der Waals surface area contributed by atoms with Crippen LogP contribution in [0.2, 0.25) is 0 Å². The molecule has 4 rings (SSSR count). The number of carbonyl (C=O) groups excluding carboxylic acids is 2. The van der Waals surface area contributed by atoms with Gasteiger partial charge in [0.15, 0.2) is 5.76 Å². The summed E-state index contributed by atoms with van der Waals surface area (Å²) in [6.07, 6.45) is 4.25. The predicted molar refractivity (Wildman–Crippen MR) is 128 cm³/mol. The number of ether oxygens (including phenoxy) is 4. The Morgan fingerprint density at radius 3 is 2.56 bits per heavy atom. The van der Waals surface area contributed by atoms with Crippen LogP contribution < -0.4 is 14.2 Å². The molecule has 0 N–H and O–H groups in total. The van der Waals surface area contributed by atoms with Crippen molar-refractivity contribution in [3.05, 3.63) is 107 Å². The van der Waals surface area contributed by atoms with Gasteiger partial charge in [-0.05, 0) is 31.2 Å². The third kappa shape index (κ3) is 5.02. The van der Waals surface area contributed by atoms with Gasteiger partial charge in [0.05, 0.1) is 19.3 Å². The lowest BCUT2D eigenvalue weighted by Gasteiger charge is -2.18. The summed E-state index contributed by atoms with van der Waals surface area (Å²) in [5.74, 6) is 0.970. The van der Waals surface area contributed by atoms with Gasteiger partial charge in [0.25, 0.3) is 0 Å². The Morgan fingerprint density at radius 1 is 1.03 bits per heavy atom. The Labute approximate surface area is 198 Å². The third-order valence-electron chi connectivity index (χ3n) is 5.16. The summed E-state index contributed by atoms with van der Waals surface area (Å²) in [4.78, 5) is 25.3. The van der Waals surface area contributed by atoms with E-state index in [4.69, 9.17) is 18.9 Å². The van der Waals surface area contributed by atoms with Crippen LogP contribution in [0.25, 0.3) is 6.08 Å². The van der Waals surface area contributed by atoms with Crippen molar-refractivity contribution >= 4 is 17.8 Å². The van der Waals surface area contributed by atoms with E-state index in [1.54, 1.807) is 56.5 Å². The normalized spacial score (nSPS) is 14.5. The molecule has 0 saturated carbocycles. The lowest BCUT2D eigenvalue weighted by atomic mass is 10.1. The number of carbonyl (C=O) groups is 2. The quantitative estimate of drug-likeness (QED) is 0.327. The number of benzene rings is 3. The highest BCUT2D eigenvalue weighted by atomic mass is 16.6. The smallest absolute Gasteiger partial charge is 0.352 e. The minimum atomic E-state index is -0.935. The number of allylic oxidation sites excluding steroid dienone is 3. The second-order valence-electron chi connectivity index (χ2n) is 7.38. The summed E-state index contributed by atoms with van der Waals surface area (Å²) in [7, 11) is 1.61. The van der Waals surface area contributed by atoms with Crippen molar-refractivity contribution in [2.75, 3.05) is 13.7 Å². The molecule has 1 aliphatic heterocycles. The van der Waals surface area contributed by atoms with Gasteiger partial charge >= 0.3 is 5.97 Å². The molecule has 0 saturated heterocycles. The zero-order valence-corrected chi connectivity index (χ0v) is 18.9. The van der Waals surface area contributed by atoms with Crippen LogP contribution in [0.15, 0.2) is 90.7 Å². The zero-order chi connectivity index (χ0) is 23.9. The molecular formula is C28H24O6. The van der Waals surface area contributed by atoms with Gasteiger partial charge in [-0.15, -0.1) is 0 Å². The first kappa shape index (κ1) is 22.9. The van der Waals surface area contributed by atoms with Crippen molar-refractivity contribution in [1.82, 2.24) is 0 Å². The molecule has 172 valence electrons. The van der Waals surface area contributed by atoms with E-state index in [0.29, 0.717) is 22.6 Å². The molecule has 3 aromatic rings. The molecule has 34 heavy (non-hydrogen) atoms. The maximum atomic E-state index is 12.7. The maximum Gasteiger partial charge on any atom is 0.352 e. The molecule has 0 amide bonds. The van der Waals surface area contributed by atoms with E-state index >= 15 is 0 Å². The summed E-state index contributed by atoms with van der Waals surface area (Å²) in [5, 5.41) is 0. The van der Waals surface area contributed by atoms with Crippen LogP contribution in [0.3, 0.4) is 0 Å². The molecule has 1 aliphatic rings. The number of rotatable bonds is 8. The topological polar surface area (TPSA) is 71.1 Å². The molecule has 0 aromatic heterocycles. The number of hydrogen-bond acceptors (Lipinski definition) is 6. The molecular weight excluding hydrogens is 432 g/mol. The summed E-state index contributed by atoms with van der Waals surface area (Å²) in [6.45, 7) is 1.98. The molecule has 1 heterocycles. The fourth-order valence-electron chi connectivity index (χ4n) is 3.53. The van der Waals surface area contributed by atoms with Crippen LogP contribution in [-0.2, 0) is 9.53 Å². The van der Waals surface area contributed by atoms with Crippen molar-refractivity contribution in [2.24, 2.45) is 0 Å². The summed E-state index contributed by atoms with van der Waals surface area (Å²) < 4.78 is 22.3. The fraction of sp³-hybridized carbons (Fsp3) is 0.143. The number of Topliss-reactive ketones (excluding diaryl/α,β-unsaturated/α-hetero) is 1. The molecule has 0 spiro atoms. The van der Waals surface area contributed by atoms with Crippen LogP contribution in [0.4, 0.5) is 0 Å². The first-order valence-corrected chi connectivity index (χ1v) is 10.9. The standard InChI is InChI=1S/C28H24O6/c1-3-32-28(30)27(20-11-5-4-6-12-20)33-21-16-17-22-25(18-21)34-24(26(22)29)15-9-13-19-10-7-8-14-23(19)31-2/h4-18,27H,3H2,1-2H3/t27-/m1/s1. The second kappa shape index (κ2) is 10.5. The Bertz CT molecular complexity index is 1240. The number of para-hydroxylation sites is 1. The highest BCUT2D eigenvalue weighted by Gasteiger charge is 2.29. The molecule has 0 aliphatic carbocycles. The second-order valence-corrected chi connectivity index (χ2v) is 7.38. The monoisotopic (exact) mass is 456 g/mol. The van der Waals surface area contributed by atoms with Gasteiger partial charge in [-0.2, -0.15) is 0 Å². The van der Waals surface area contributed by atoms with Gasteiger partial charge in [0.1, 0.15) is 17.2 Å². The lowest BCUT2D eigenvalue weighted by molar-refractivity contribution is -0.151. The fourth-order valence-corrected chi connectivity index (χ4v) is 3.53. The predicted octanol–water partition coefficient (Wildman–Crippen LogP) is 5.55. The van der Waals surface area contributed by atoms with Crippen LogP contribution in [0.1, 0.15) is 34.5 Å². The van der Waals surface area contributed by atoms with Crippen LogP contribution in [-0.4, -0.2) is 25.5 Å². The Hall–Kier alpha value is -4.32. The van der Waals surface area contributed by atoms with Crippen LogP contribution in [0, 0.1) is 0 Å². The first-order valence-electron chi connectivity index (χ1n) is 10.9. The molecule has 0 unspecified atom stereocenters. The highest BCUT2D eigenvalue weighted by Crippen LogP contribution is 2.36. The molecule has 6 nitrogen and oxygen atoms in total. The average molecular weight is 456 g/mol. The molecule has 0 fully saturated rings. The number of fused-ring (bicyclic) bond motifs is 1. The molecule has 0 radical (unpaired) electrons. The van der Waals surface area contributed by atoms with E-state index < -0.39 is 12.1 Å². The van der Waals surface area contributed by atoms with E-state index in [2.05, 4.69) is 0 Å². The number of methoxy groups -OCH3 is 1. The molecule has 1 atom stereocenters. The van der Waals surface area contributed by atoms with E-state index in [9.17, 15) is 9.59 Å². The van der Waals surface area contributed by atoms with Gasteiger partial charge in [0, 0.05) is 17.2 Å². The van der Waals surface area contributed by atoms with Gasteiger partial charge in [-0.3, -0.25) is 4.79 Å². The molecule has 3 aromatic carbocycles. The van der Waals surface area contributed by atoms with Crippen molar-refractivity contribution in [1.29, 1.82) is 0 Å². The van der Waals surface area contributed by atoms with Crippen molar-refractivity contribution in [3.8, 4) is 17.2 Å². The molecule has 6 heteroatoms. The summed E-state index contributed by atoms with van der Waals surface area (Å²) in [6, 6.07) is 21.5. The molecule has 0 bridgehead atoms. The SMILES string of the molecule is CCOC(=O)[C@H](Oc1ccc2c(c1)OC(=CC=Cc1ccccc1OC)C2=O)c1ccccc1. The minimum absolute atomic E-state index is 0.198. The van der Waals surface area contributed by atoms with E-state index in [1.807, 2.05) is 48.5 Å². The van der Waals surface area contributed by atoms with E-state index in [0.717, 1.165) is 11.3 Å². The largest absolute Gasteiger partial charge is 0.496 e. The number of esters is 1. The van der Waals surface area contributed by atoms with E-state index in [-0.39, 0.29) is 18.1 Å². The number of hydrogen-bond donors (Lipinski definition) is 0. The third-order valence-corrected chi connectivity index (χ3v) is 5.16. The van der Waals surface area contributed by atoms with Crippen LogP contribution in [0.5, 0.6) is 17.2 Å². The van der Waals surface area contributed by atoms with Gasteiger partial charge in [0.2, 0.25) is 11.9 Å². The van der Waals surface area contributed by atoms with Crippen LogP contribution >= 0.6 is 0 Å². The highest BCUT2D eigenvalue weighted by molar-refractivity contribution is 6.12. The first-order chi connectivity index (χ1) is 16.6. The summed E-state index contributed by atoms with van der Waals surface area (Å²) in [5.41, 5.74) is 1.98. The Morgan fingerprint density at radius 2 is 1.79 bits per heavy atom. The zero-order valence-electron chi connectivity index (χ0n) is 18.9. The number of ketones is 1. The Balaban J connectivity index is 1.53. The lowest BCUT2D eigenvalue weighted by Crippen LogP contribution is -2.21. The summed E-state index contributed by atoms with van der Waals surface area (Å²) >= 11 is 0. The van der Waals surface area contributed by atoms with Gasteiger partial charge in [-0.25, -0.2) is 4.79 Å². The van der Waals surface area contributed by atoms with Gasteiger partial charge < -0.3 is 18.9 Å². The van der Waals surface area contributed by atoms with Crippen molar-refractivity contribution in [2.45, 2.75) is 13.0 Å².